The summed E-state index contributed by atoms with van der Waals surface area (Å²) in [5, 5.41) is 1.56. The lowest BCUT2D eigenvalue weighted by Gasteiger charge is -2.28. The summed E-state index contributed by atoms with van der Waals surface area (Å²) in [5.41, 5.74) is 1.76. The van der Waals surface area contributed by atoms with Crippen molar-refractivity contribution >= 4 is 34.6 Å². The van der Waals surface area contributed by atoms with Gasteiger partial charge in [0.1, 0.15) is 18.1 Å². The summed E-state index contributed by atoms with van der Waals surface area (Å²) in [6.45, 7) is 2.16. The standard InChI is InChI=1S/C22H20N2O6S/c1-13(25)15-4-7-18-17(11-15)21(27)24(12-30-18)8-9-29-16-5-2-14(3-6-16)10-19-20(26)23-22(28)31-19/h2-7,11,19H,8-10,12H2,1H3,(H,23,26,28). The van der Waals surface area contributed by atoms with Crippen molar-refractivity contribution in [1.29, 1.82) is 0 Å². The Balaban J connectivity index is 1.30. The van der Waals surface area contributed by atoms with Crippen LogP contribution in [0.2, 0.25) is 0 Å². The van der Waals surface area contributed by atoms with E-state index in [-0.39, 0.29) is 36.2 Å². The van der Waals surface area contributed by atoms with Gasteiger partial charge in [0.15, 0.2) is 12.5 Å². The van der Waals surface area contributed by atoms with E-state index in [0.29, 0.717) is 35.6 Å². The summed E-state index contributed by atoms with van der Waals surface area (Å²) >= 11 is 1.00. The molecule has 0 aliphatic carbocycles. The summed E-state index contributed by atoms with van der Waals surface area (Å²) < 4.78 is 11.3. The normalized spacial score (nSPS) is 17.8. The van der Waals surface area contributed by atoms with Gasteiger partial charge in [0.25, 0.3) is 11.1 Å². The molecule has 9 heteroatoms. The van der Waals surface area contributed by atoms with Gasteiger partial charge in [-0.15, -0.1) is 0 Å². The molecule has 2 aliphatic heterocycles. The lowest BCUT2D eigenvalue weighted by Crippen LogP contribution is -2.41. The summed E-state index contributed by atoms with van der Waals surface area (Å²) in [5.74, 6) is 0.524. The number of rotatable bonds is 7. The van der Waals surface area contributed by atoms with Gasteiger partial charge in [0, 0.05) is 5.56 Å². The minimum atomic E-state index is -0.407. The number of ketones is 1. The molecule has 1 unspecified atom stereocenters. The van der Waals surface area contributed by atoms with Gasteiger partial charge < -0.3 is 14.4 Å². The predicted molar refractivity (Wildman–Crippen MR) is 114 cm³/mol. The molecule has 4 rings (SSSR count). The molecule has 3 amide bonds. The summed E-state index contributed by atoms with van der Waals surface area (Å²) in [4.78, 5) is 48.7. The van der Waals surface area contributed by atoms with Gasteiger partial charge in [0.05, 0.1) is 17.4 Å². The molecular formula is C22H20N2O6S. The Bertz CT molecular complexity index is 1050. The third kappa shape index (κ3) is 4.72. The number of ether oxygens (including phenoxy) is 2. The SMILES string of the molecule is CC(=O)c1ccc2c(c1)C(=O)N(CCOc1ccc(CC3SC(=O)NC3=O)cc1)CO2. The fourth-order valence-corrected chi connectivity index (χ4v) is 4.18. The lowest BCUT2D eigenvalue weighted by atomic mass is 10.1. The Morgan fingerprint density at radius 3 is 2.65 bits per heavy atom. The van der Waals surface area contributed by atoms with Crippen molar-refractivity contribution in [2.45, 2.75) is 18.6 Å². The van der Waals surface area contributed by atoms with Gasteiger partial charge >= 0.3 is 0 Å². The molecule has 1 fully saturated rings. The molecule has 1 saturated heterocycles. The molecule has 2 aliphatic rings. The molecule has 0 spiro atoms. The second-order valence-electron chi connectivity index (χ2n) is 7.19. The van der Waals surface area contributed by atoms with Crippen molar-refractivity contribution in [3.05, 3.63) is 59.2 Å². The summed E-state index contributed by atoms with van der Waals surface area (Å²) in [7, 11) is 0. The van der Waals surface area contributed by atoms with Crippen molar-refractivity contribution in [3.8, 4) is 11.5 Å². The molecule has 2 aromatic rings. The lowest BCUT2D eigenvalue weighted by molar-refractivity contribution is -0.118. The Kier molecular flexibility index (Phi) is 5.94. The highest BCUT2D eigenvalue weighted by Gasteiger charge is 2.31. The molecule has 31 heavy (non-hydrogen) atoms. The number of nitrogens with one attached hydrogen (secondary N) is 1. The zero-order chi connectivity index (χ0) is 22.0. The highest BCUT2D eigenvalue weighted by Crippen LogP contribution is 2.27. The third-order valence-electron chi connectivity index (χ3n) is 5.02. The minimum Gasteiger partial charge on any atom is -0.492 e. The molecule has 160 valence electrons. The van der Waals surface area contributed by atoms with Crippen molar-refractivity contribution < 1.29 is 28.7 Å². The average molecular weight is 440 g/mol. The van der Waals surface area contributed by atoms with Gasteiger partial charge in [-0.25, -0.2) is 0 Å². The summed E-state index contributed by atoms with van der Waals surface area (Å²) in [6, 6.07) is 12.1. The number of thioether (sulfide) groups is 1. The van der Waals surface area contributed by atoms with Crippen molar-refractivity contribution in [2.75, 3.05) is 19.9 Å². The van der Waals surface area contributed by atoms with Crippen LogP contribution in [0.3, 0.4) is 0 Å². The van der Waals surface area contributed by atoms with E-state index in [4.69, 9.17) is 9.47 Å². The van der Waals surface area contributed by atoms with Crippen molar-refractivity contribution in [1.82, 2.24) is 10.2 Å². The van der Waals surface area contributed by atoms with E-state index in [1.165, 1.54) is 11.8 Å². The number of nitrogens with zero attached hydrogens (tertiary/aromatic N) is 1. The Morgan fingerprint density at radius 2 is 1.97 bits per heavy atom. The number of carbonyl (C=O) groups excluding carboxylic acids is 4. The first kappa shape index (κ1) is 20.9. The van der Waals surface area contributed by atoms with Crippen LogP contribution in [-0.4, -0.2) is 52.9 Å². The van der Waals surface area contributed by atoms with Crippen LogP contribution >= 0.6 is 11.8 Å². The van der Waals surface area contributed by atoms with Crippen LogP contribution in [0.25, 0.3) is 0 Å². The molecular weight excluding hydrogens is 420 g/mol. The first-order valence-electron chi connectivity index (χ1n) is 9.71. The fraction of sp³-hybridized carbons (Fsp3) is 0.273. The van der Waals surface area contributed by atoms with E-state index in [1.54, 1.807) is 30.3 Å². The van der Waals surface area contributed by atoms with Crippen LogP contribution in [0.15, 0.2) is 42.5 Å². The molecule has 1 atom stereocenters. The van der Waals surface area contributed by atoms with E-state index in [0.717, 1.165) is 17.3 Å². The quantitative estimate of drug-likeness (QED) is 0.661. The zero-order valence-electron chi connectivity index (χ0n) is 16.8. The van der Waals surface area contributed by atoms with Crippen molar-refractivity contribution in [2.24, 2.45) is 0 Å². The first-order valence-corrected chi connectivity index (χ1v) is 10.6. The van der Waals surface area contributed by atoms with Crippen LogP contribution in [0.5, 0.6) is 11.5 Å². The number of carbonyl (C=O) groups is 4. The number of Topliss-reactive ketones (excluding diaryl/α,β-unsaturated/α-hetero) is 1. The number of imide groups is 1. The highest BCUT2D eigenvalue weighted by molar-refractivity contribution is 8.15. The molecule has 0 radical (unpaired) electrons. The van der Waals surface area contributed by atoms with Crippen LogP contribution in [0.4, 0.5) is 4.79 Å². The van der Waals surface area contributed by atoms with E-state index in [1.807, 2.05) is 12.1 Å². The predicted octanol–water partition coefficient (Wildman–Crippen LogP) is 2.65. The number of hydrogen-bond acceptors (Lipinski definition) is 7. The molecule has 2 aromatic carbocycles. The zero-order valence-corrected chi connectivity index (χ0v) is 17.6. The Labute approximate surface area is 182 Å². The Hall–Kier alpha value is -3.33. The highest BCUT2D eigenvalue weighted by atomic mass is 32.2. The fourth-order valence-electron chi connectivity index (χ4n) is 3.32. The van der Waals surface area contributed by atoms with Gasteiger partial charge in [0.2, 0.25) is 5.91 Å². The second kappa shape index (κ2) is 8.81. The van der Waals surface area contributed by atoms with Gasteiger partial charge in [-0.2, -0.15) is 0 Å². The third-order valence-corrected chi connectivity index (χ3v) is 6.00. The number of amides is 3. The van der Waals surface area contributed by atoms with Crippen LogP contribution in [0.1, 0.15) is 33.2 Å². The van der Waals surface area contributed by atoms with Gasteiger partial charge in [-0.1, -0.05) is 23.9 Å². The maximum atomic E-state index is 12.7. The molecule has 0 aromatic heterocycles. The molecule has 0 saturated carbocycles. The van der Waals surface area contributed by atoms with Crippen LogP contribution < -0.4 is 14.8 Å². The van der Waals surface area contributed by atoms with E-state index in [9.17, 15) is 19.2 Å². The van der Waals surface area contributed by atoms with E-state index in [2.05, 4.69) is 5.32 Å². The van der Waals surface area contributed by atoms with Gasteiger partial charge in [-0.05, 0) is 49.2 Å². The number of benzene rings is 2. The van der Waals surface area contributed by atoms with E-state index < -0.39 is 5.25 Å². The smallest absolute Gasteiger partial charge is 0.286 e. The van der Waals surface area contributed by atoms with Gasteiger partial charge in [-0.3, -0.25) is 24.5 Å². The second-order valence-corrected chi connectivity index (χ2v) is 8.36. The maximum Gasteiger partial charge on any atom is 0.286 e. The summed E-state index contributed by atoms with van der Waals surface area (Å²) in [6.07, 6.45) is 0.462. The van der Waals surface area contributed by atoms with Crippen LogP contribution in [0, 0.1) is 0 Å². The Morgan fingerprint density at radius 1 is 1.19 bits per heavy atom. The largest absolute Gasteiger partial charge is 0.492 e. The monoisotopic (exact) mass is 440 g/mol. The molecule has 2 heterocycles. The molecule has 8 nitrogen and oxygen atoms in total. The topological polar surface area (TPSA) is 102 Å². The molecule has 1 N–H and O–H groups in total. The number of fused-ring (bicyclic) bond motifs is 1. The first-order chi connectivity index (χ1) is 14.9. The number of hydrogen-bond donors (Lipinski definition) is 1. The van der Waals surface area contributed by atoms with E-state index >= 15 is 0 Å². The average Bonchev–Trinajstić information content (AvgIpc) is 3.07. The maximum absolute atomic E-state index is 12.7. The van der Waals surface area contributed by atoms with Crippen LogP contribution in [-0.2, 0) is 11.2 Å². The minimum absolute atomic E-state index is 0.113. The molecule has 0 bridgehead atoms. The van der Waals surface area contributed by atoms with Crippen molar-refractivity contribution in [3.63, 3.8) is 0 Å².